The number of fused-ring (bicyclic) bond motifs is 1. The third-order valence-electron chi connectivity index (χ3n) is 3.52. The maximum absolute atomic E-state index is 9.45. The Labute approximate surface area is 105 Å². The van der Waals surface area contributed by atoms with Gasteiger partial charge in [-0.15, -0.1) is 0 Å². The van der Waals surface area contributed by atoms with Crippen LogP contribution in [0.2, 0.25) is 5.02 Å². The zero-order valence-electron chi connectivity index (χ0n) is 9.49. The summed E-state index contributed by atoms with van der Waals surface area (Å²) in [5.74, 6) is 0.118. The number of aliphatic hydroxyl groups excluding tert-OH is 1. The van der Waals surface area contributed by atoms with Gasteiger partial charge in [0.05, 0.1) is 11.6 Å². The van der Waals surface area contributed by atoms with Gasteiger partial charge in [-0.3, -0.25) is 0 Å². The Hall–Kier alpha value is -0.770. The summed E-state index contributed by atoms with van der Waals surface area (Å²) in [4.78, 5) is 0. The monoisotopic (exact) mass is 254 g/mol. The van der Waals surface area contributed by atoms with Gasteiger partial charge in [-0.05, 0) is 18.9 Å². The van der Waals surface area contributed by atoms with E-state index in [2.05, 4.69) is 0 Å². The van der Waals surface area contributed by atoms with Gasteiger partial charge in [-0.1, -0.05) is 23.7 Å². The predicted molar refractivity (Wildman–Crippen MR) is 64.2 cm³/mol. The maximum Gasteiger partial charge on any atom is 0.211 e. The van der Waals surface area contributed by atoms with Gasteiger partial charge in [0.1, 0.15) is 11.9 Å². The lowest BCUT2D eigenvalue weighted by Gasteiger charge is -2.39. The SMILES string of the molecule is OC[C@H]1OC2(CCCC2)Oc2c(Cl)cccc21. The van der Waals surface area contributed by atoms with E-state index in [1.165, 1.54) is 0 Å². The first-order valence-electron chi connectivity index (χ1n) is 6.00. The number of aliphatic hydroxyl groups is 1. The van der Waals surface area contributed by atoms with Crippen LogP contribution in [0.5, 0.6) is 5.75 Å². The molecule has 3 nitrogen and oxygen atoms in total. The van der Waals surface area contributed by atoms with Crippen molar-refractivity contribution < 1.29 is 14.6 Å². The number of hydrogen-bond donors (Lipinski definition) is 1. The van der Waals surface area contributed by atoms with E-state index in [0.29, 0.717) is 10.8 Å². The second-order valence-corrected chi connectivity index (χ2v) is 5.07. The van der Waals surface area contributed by atoms with Crippen LogP contribution in [0.1, 0.15) is 37.4 Å². The molecule has 17 heavy (non-hydrogen) atoms. The summed E-state index contributed by atoms with van der Waals surface area (Å²) in [5.41, 5.74) is 0.845. The van der Waals surface area contributed by atoms with E-state index in [1.54, 1.807) is 0 Å². The standard InChI is InChI=1S/C13H15ClO3/c14-10-5-3-4-9-11(8-15)16-13(17-12(9)10)6-1-2-7-13/h3-5,11,15H,1-2,6-8H2/t11-/m1/s1. The van der Waals surface area contributed by atoms with Crippen molar-refractivity contribution in [2.24, 2.45) is 0 Å². The Kier molecular flexibility index (Phi) is 2.77. The first-order valence-corrected chi connectivity index (χ1v) is 6.38. The first kappa shape index (κ1) is 11.3. The van der Waals surface area contributed by atoms with Gasteiger partial charge in [-0.2, -0.15) is 0 Å². The molecule has 1 N–H and O–H groups in total. The van der Waals surface area contributed by atoms with Crippen molar-refractivity contribution >= 4 is 11.6 Å². The van der Waals surface area contributed by atoms with Crippen LogP contribution < -0.4 is 4.74 Å². The van der Waals surface area contributed by atoms with E-state index in [9.17, 15) is 5.11 Å². The molecule has 1 aromatic rings. The molecule has 0 radical (unpaired) electrons. The summed E-state index contributed by atoms with van der Waals surface area (Å²) in [6.45, 7) is -0.0432. The van der Waals surface area contributed by atoms with Gasteiger partial charge in [-0.25, -0.2) is 0 Å². The smallest absolute Gasteiger partial charge is 0.211 e. The fourth-order valence-corrected chi connectivity index (χ4v) is 2.91. The Morgan fingerprint density at radius 1 is 1.35 bits per heavy atom. The minimum absolute atomic E-state index is 0.0432. The van der Waals surface area contributed by atoms with Crippen molar-refractivity contribution in [2.45, 2.75) is 37.6 Å². The highest BCUT2D eigenvalue weighted by atomic mass is 35.5. The Morgan fingerprint density at radius 2 is 2.12 bits per heavy atom. The number of ether oxygens (including phenoxy) is 2. The highest BCUT2D eigenvalue weighted by Crippen LogP contribution is 2.48. The van der Waals surface area contributed by atoms with Crippen molar-refractivity contribution in [3.8, 4) is 5.75 Å². The summed E-state index contributed by atoms with van der Waals surface area (Å²) in [5, 5.41) is 10.0. The molecule has 1 spiro atoms. The van der Waals surface area contributed by atoms with Crippen LogP contribution in [0.4, 0.5) is 0 Å². The summed E-state index contributed by atoms with van der Waals surface area (Å²) < 4.78 is 11.9. The van der Waals surface area contributed by atoms with Crippen molar-refractivity contribution in [3.05, 3.63) is 28.8 Å². The van der Waals surface area contributed by atoms with Gasteiger partial charge in [0.25, 0.3) is 0 Å². The summed E-state index contributed by atoms with van der Waals surface area (Å²) in [6.07, 6.45) is 3.61. The van der Waals surface area contributed by atoms with Crippen LogP contribution in [0, 0.1) is 0 Å². The Bertz CT molecular complexity index is 427. The second-order valence-electron chi connectivity index (χ2n) is 4.67. The molecule has 0 bridgehead atoms. The van der Waals surface area contributed by atoms with Gasteiger partial charge in [0, 0.05) is 18.4 Å². The number of rotatable bonds is 1. The minimum Gasteiger partial charge on any atom is -0.460 e. The normalized spacial score (nSPS) is 25.6. The second kappa shape index (κ2) is 4.16. The number of halogens is 1. The minimum atomic E-state index is -0.564. The van der Waals surface area contributed by atoms with E-state index in [0.717, 1.165) is 31.2 Å². The molecule has 2 aliphatic rings. The predicted octanol–water partition coefficient (Wildman–Crippen LogP) is 3.05. The zero-order chi connectivity index (χ0) is 11.9. The lowest BCUT2D eigenvalue weighted by Crippen LogP contribution is -2.42. The van der Waals surface area contributed by atoms with Crippen LogP contribution in [-0.4, -0.2) is 17.5 Å². The van der Waals surface area contributed by atoms with Crippen LogP contribution in [-0.2, 0) is 4.74 Å². The van der Waals surface area contributed by atoms with Crippen LogP contribution in [0.3, 0.4) is 0 Å². The van der Waals surface area contributed by atoms with E-state index in [1.807, 2.05) is 18.2 Å². The van der Waals surface area contributed by atoms with Crippen molar-refractivity contribution in [3.63, 3.8) is 0 Å². The number of hydrogen-bond acceptors (Lipinski definition) is 3. The third kappa shape index (κ3) is 1.82. The molecule has 1 aromatic carbocycles. The molecule has 0 amide bonds. The van der Waals surface area contributed by atoms with Gasteiger partial charge < -0.3 is 14.6 Å². The first-order chi connectivity index (χ1) is 8.24. The fraction of sp³-hybridized carbons (Fsp3) is 0.538. The number of benzene rings is 1. The van der Waals surface area contributed by atoms with Crippen LogP contribution in [0.25, 0.3) is 0 Å². The van der Waals surface area contributed by atoms with Crippen molar-refractivity contribution in [1.82, 2.24) is 0 Å². The molecule has 4 heteroatoms. The van der Waals surface area contributed by atoms with Crippen molar-refractivity contribution in [1.29, 1.82) is 0 Å². The highest BCUT2D eigenvalue weighted by Gasteiger charge is 2.44. The molecule has 0 unspecified atom stereocenters. The summed E-state index contributed by atoms with van der Waals surface area (Å²) >= 11 is 6.16. The molecule has 1 fully saturated rings. The van der Waals surface area contributed by atoms with Crippen molar-refractivity contribution in [2.75, 3.05) is 6.61 Å². The molecule has 0 saturated heterocycles. The molecule has 1 aliphatic carbocycles. The molecular formula is C13H15ClO3. The Balaban J connectivity index is 2.04. The lowest BCUT2D eigenvalue weighted by atomic mass is 10.0. The molecular weight excluding hydrogens is 240 g/mol. The summed E-state index contributed by atoms with van der Waals surface area (Å²) in [6, 6.07) is 5.55. The van der Waals surface area contributed by atoms with E-state index in [-0.39, 0.29) is 12.7 Å². The molecule has 3 rings (SSSR count). The van der Waals surface area contributed by atoms with Gasteiger partial charge in [0.15, 0.2) is 0 Å². The quantitative estimate of drug-likeness (QED) is 0.837. The average molecular weight is 255 g/mol. The van der Waals surface area contributed by atoms with Crippen LogP contribution >= 0.6 is 11.6 Å². The molecule has 1 saturated carbocycles. The topological polar surface area (TPSA) is 38.7 Å². The van der Waals surface area contributed by atoms with E-state index < -0.39 is 5.79 Å². The molecule has 1 atom stereocenters. The molecule has 1 aliphatic heterocycles. The maximum atomic E-state index is 9.45. The van der Waals surface area contributed by atoms with Gasteiger partial charge >= 0.3 is 0 Å². The average Bonchev–Trinajstić information content (AvgIpc) is 2.78. The third-order valence-corrected chi connectivity index (χ3v) is 3.82. The Morgan fingerprint density at radius 3 is 2.82 bits per heavy atom. The van der Waals surface area contributed by atoms with E-state index >= 15 is 0 Å². The van der Waals surface area contributed by atoms with Gasteiger partial charge in [0.2, 0.25) is 5.79 Å². The fourth-order valence-electron chi connectivity index (χ4n) is 2.69. The van der Waals surface area contributed by atoms with Crippen LogP contribution in [0.15, 0.2) is 18.2 Å². The zero-order valence-corrected chi connectivity index (χ0v) is 10.2. The summed E-state index contributed by atoms with van der Waals surface area (Å²) in [7, 11) is 0. The number of para-hydroxylation sites is 1. The molecule has 92 valence electrons. The molecule has 1 heterocycles. The highest BCUT2D eigenvalue weighted by molar-refractivity contribution is 6.32. The lowest BCUT2D eigenvalue weighted by molar-refractivity contribution is -0.232. The molecule has 0 aromatic heterocycles. The largest absolute Gasteiger partial charge is 0.460 e. The van der Waals surface area contributed by atoms with E-state index in [4.69, 9.17) is 21.1 Å².